The average molecular weight is 501 g/mol. The lowest BCUT2D eigenvalue weighted by Crippen LogP contribution is -2.58. The van der Waals surface area contributed by atoms with E-state index < -0.39 is 0 Å². The number of rotatable bonds is 6. The molecule has 0 aromatic heterocycles. The molecule has 2 unspecified atom stereocenters. The quantitative estimate of drug-likeness (QED) is 0.591. The normalized spacial score (nSPS) is 25.9. The number of benzene rings is 2. The minimum absolute atomic E-state index is 0.0333. The zero-order valence-electron chi connectivity index (χ0n) is 19.8. The number of nitrogens with zero attached hydrogens (tertiary/aromatic N) is 2. The summed E-state index contributed by atoms with van der Waals surface area (Å²) < 4.78 is 3.36. The van der Waals surface area contributed by atoms with Gasteiger partial charge in [-0.15, -0.1) is 0 Å². The number of fused-ring (bicyclic) bond motifs is 3. The summed E-state index contributed by atoms with van der Waals surface area (Å²) >= 11 is 7.57. The molecule has 182 valence electrons. The summed E-state index contributed by atoms with van der Waals surface area (Å²) in [6.45, 7) is 8.30. The van der Waals surface area contributed by atoms with E-state index in [1.54, 1.807) is 0 Å². The van der Waals surface area contributed by atoms with E-state index in [9.17, 15) is 9.59 Å². The molecule has 2 bridgehead atoms. The summed E-state index contributed by atoms with van der Waals surface area (Å²) in [4.78, 5) is 31.9. The fourth-order valence-electron chi connectivity index (χ4n) is 5.74. The lowest BCUT2D eigenvalue weighted by molar-refractivity contribution is -0.148. The Kier molecular flexibility index (Phi) is 7.07. The van der Waals surface area contributed by atoms with Crippen molar-refractivity contribution < 1.29 is 9.59 Å². The third kappa shape index (κ3) is 4.94. The van der Waals surface area contributed by atoms with Gasteiger partial charge < -0.3 is 15.1 Å². The van der Waals surface area contributed by atoms with Crippen LogP contribution in [0.1, 0.15) is 26.7 Å². The molecule has 2 amide bonds. The largest absolute Gasteiger partial charge is 0.340 e. The number of carbonyl (C=O) groups excluding carboxylic acids is 2. The molecule has 2 N–H and O–H groups in total. The van der Waals surface area contributed by atoms with E-state index in [4.69, 9.17) is 11.6 Å². The molecular formula is C26H33ClN4O2S. The number of hydrogen-bond acceptors (Lipinski definition) is 5. The molecule has 4 atom stereocenters. The average Bonchev–Trinajstić information content (AvgIpc) is 3.17. The molecule has 2 aromatic rings. The minimum Gasteiger partial charge on any atom is -0.340 e. The minimum atomic E-state index is -0.387. The van der Waals surface area contributed by atoms with Crippen molar-refractivity contribution in [1.82, 2.24) is 19.8 Å². The number of amides is 2. The lowest BCUT2D eigenvalue weighted by Gasteiger charge is -2.44. The second-order valence-electron chi connectivity index (χ2n) is 10.3. The molecule has 0 saturated carbocycles. The smallest absolute Gasteiger partial charge is 0.245 e. The van der Waals surface area contributed by atoms with E-state index in [1.165, 1.54) is 18.4 Å². The van der Waals surface area contributed by atoms with Gasteiger partial charge in [0.2, 0.25) is 11.8 Å². The van der Waals surface area contributed by atoms with Gasteiger partial charge in [-0.05, 0) is 90.7 Å². The molecule has 3 aliphatic rings. The van der Waals surface area contributed by atoms with Gasteiger partial charge in [0.05, 0.1) is 6.04 Å². The molecule has 5 rings (SSSR count). The summed E-state index contributed by atoms with van der Waals surface area (Å²) in [6.07, 6.45) is 1.91. The highest BCUT2D eigenvalue weighted by atomic mass is 35.5. The molecule has 8 heteroatoms. The highest BCUT2D eigenvalue weighted by Gasteiger charge is 2.43. The first-order valence-electron chi connectivity index (χ1n) is 12.3. The first kappa shape index (κ1) is 23.9. The van der Waals surface area contributed by atoms with Crippen LogP contribution in [-0.2, 0) is 9.59 Å². The summed E-state index contributed by atoms with van der Waals surface area (Å²) in [7, 11) is 0. The van der Waals surface area contributed by atoms with Gasteiger partial charge in [-0.1, -0.05) is 37.6 Å². The predicted molar refractivity (Wildman–Crippen MR) is 138 cm³/mol. The van der Waals surface area contributed by atoms with Gasteiger partial charge in [-0.3, -0.25) is 9.59 Å². The Hall–Kier alpha value is -1.80. The van der Waals surface area contributed by atoms with Gasteiger partial charge in [0, 0.05) is 29.6 Å². The molecule has 6 nitrogen and oxygen atoms in total. The Morgan fingerprint density at radius 2 is 1.82 bits per heavy atom. The van der Waals surface area contributed by atoms with Gasteiger partial charge in [-0.25, -0.2) is 4.72 Å². The molecule has 3 heterocycles. The maximum absolute atomic E-state index is 13.6. The van der Waals surface area contributed by atoms with Gasteiger partial charge >= 0.3 is 0 Å². The van der Waals surface area contributed by atoms with E-state index in [2.05, 4.69) is 30.0 Å². The van der Waals surface area contributed by atoms with Crippen LogP contribution in [0.25, 0.3) is 10.8 Å². The third-order valence-corrected chi connectivity index (χ3v) is 8.48. The SMILES string of the molecule is CC(C)[C@@H](C(=O)N1CC2CNCC(C2)C1)N1CC[C@@H](NSc2ccc3cc(Cl)ccc3c2)C1=O. The number of nitrogens with one attached hydrogen (secondary N) is 2. The molecule has 3 fully saturated rings. The van der Waals surface area contributed by atoms with Crippen molar-refractivity contribution in [2.75, 3.05) is 32.7 Å². The van der Waals surface area contributed by atoms with Crippen LogP contribution in [0.3, 0.4) is 0 Å². The van der Waals surface area contributed by atoms with Crippen molar-refractivity contribution in [3.05, 3.63) is 41.4 Å². The second-order valence-corrected chi connectivity index (χ2v) is 11.7. The van der Waals surface area contributed by atoms with E-state index in [1.807, 2.05) is 40.1 Å². The van der Waals surface area contributed by atoms with Crippen LogP contribution in [0.5, 0.6) is 0 Å². The molecule has 3 aliphatic heterocycles. The van der Waals surface area contributed by atoms with Crippen LogP contribution in [0.15, 0.2) is 41.3 Å². The predicted octanol–water partition coefficient (Wildman–Crippen LogP) is 3.78. The first-order valence-corrected chi connectivity index (χ1v) is 13.5. The lowest BCUT2D eigenvalue weighted by atomic mass is 9.85. The van der Waals surface area contributed by atoms with Crippen LogP contribution in [0.2, 0.25) is 5.02 Å². The molecule has 0 radical (unpaired) electrons. The maximum Gasteiger partial charge on any atom is 0.245 e. The van der Waals surface area contributed by atoms with Gasteiger partial charge in [0.15, 0.2) is 0 Å². The Morgan fingerprint density at radius 1 is 1.12 bits per heavy atom. The van der Waals surface area contributed by atoms with Crippen LogP contribution in [0, 0.1) is 17.8 Å². The standard InChI is InChI=1S/C26H33ClN4O2S/c1-16(2)24(26(33)30-14-17-9-18(15-30)13-28-12-17)31-8-7-23(25(31)32)29-34-22-6-4-19-10-21(27)5-3-20(19)11-22/h3-6,10-11,16-18,23-24,28-29H,7-9,12-15H2,1-2H3/t17?,18?,23-,24+/m1/s1. The summed E-state index contributed by atoms with van der Waals surface area (Å²) in [5.74, 6) is 1.30. The molecule has 3 saturated heterocycles. The van der Waals surface area contributed by atoms with E-state index in [0.717, 1.165) is 46.9 Å². The van der Waals surface area contributed by atoms with Crippen molar-refractivity contribution in [2.45, 2.75) is 43.7 Å². The van der Waals surface area contributed by atoms with E-state index in [0.29, 0.717) is 24.8 Å². The van der Waals surface area contributed by atoms with Crippen molar-refractivity contribution in [3.63, 3.8) is 0 Å². The Morgan fingerprint density at radius 3 is 2.56 bits per heavy atom. The van der Waals surface area contributed by atoms with Crippen molar-refractivity contribution in [2.24, 2.45) is 17.8 Å². The Bertz CT molecular complexity index is 1070. The molecule has 34 heavy (non-hydrogen) atoms. The Labute approximate surface area is 210 Å². The fourth-order valence-corrected chi connectivity index (χ4v) is 6.74. The van der Waals surface area contributed by atoms with Crippen LogP contribution < -0.4 is 10.0 Å². The van der Waals surface area contributed by atoms with Gasteiger partial charge in [0.25, 0.3) is 0 Å². The number of likely N-dealkylation sites (tertiary alicyclic amines) is 2. The van der Waals surface area contributed by atoms with E-state index >= 15 is 0 Å². The molecule has 2 aromatic carbocycles. The van der Waals surface area contributed by atoms with Crippen molar-refractivity contribution in [1.29, 1.82) is 0 Å². The fraction of sp³-hybridized carbons (Fsp3) is 0.538. The summed E-state index contributed by atoms with van der Waals surface area (Å²) in [6, 6.07) is 11.4. The van der Waals surface area contributed by atoms with Gasteiger partial charge in [0.1, 0.15) is 6.04 Å². The second kappa shape index (κ2) is 10.1. The number of halogens is 1. The van der Waals surface area contributed by atoms with Crippen LogP contribution in [0.4, 0.5) is 0 Å². The monoisotopic (exact) mass is 500 g/mol. The van der Waals surface area contributed by atoms with Crippen molar-refractivity contribution >= 4 is 46.1 Å². The highest BCUT2D eigenvalue weighted by molar-refractivity contribution is 7.97. The molecular weight excluding hydrogens is 468 g/mol. The zero-order valence-corrected chi connectivity index (χ0v) is 21.4. The molecule has 0 spiro atoms. The van der Waals surface area contributed by atoms with Crippen LogP contribution >= 0.6 is 23.5 Å². The number of carbonyl (C=O) groups is 2. The topological polar surface area (TPSA) is 64.7 Å². The number of hydrogen-bond donors (Lipinski definition) is 2. The Balaban J connectivity index is 1.23. The highest BCUT2D eigenvalue weighted by Crippen LogP contribution is 2.30. The van der Waals surface area contributed by atoms with Gasteiger partial charge in [-0.2, -0.15) is 0 Å². The maximum atomic E-state index is 13.6. The van der Waals surface area contributed by atoms with Crippen molar-refractivity contribution in [3.8, 4) is 0 Å². The molecule has 0 aliphatic carbocycles. The third-order valence-electron chi connectivity index (χ3n) is 7.35. The zero-order chi connectivity index (χ0) is 23.8. The van der Waals surface area contributed by atoms with Crippen LogP contribution in [-0.4, -0.2) is 66.4 Å². The summed E-state index contributed by atoms with van der Waals surface area (Å²) in [5, 5.41) is 6.42. The first-order chi connectivity index (χ1) is 16.4. The number of piperidine rings is 2. The van der Waals surface area contributed by atoms with E-state index in [-0.39, 0.29) is 29.8 Å². The summed E-state index contributed by atoms with van der Waals surface area (Å²) in [5.41, 5.74) is 0.